The molecule has 1 saturated heterocycles. The zero-order valence-electron chi connectivity index (χ0n) is 14.8. The third-order valence-corrected chi connectivity index (χ3v) is 5.00. The number of aromatic nitrogens is 2. The van der Waals surface area contributed by atoms with Gasteiger partial charge in [-0.1, -0.05) is 17.7 Å². The zero-order chi connectivity index (χ0) is 19.0. The van der Waals surface area contributed by atoms with Gasteiger partial charge in [-0.05, 0) is 44.0 Å². The van der Waals surface area contributed by atoms with Gasteiger partial charge in [0, 0.05) is 30.4 Å². The van der Waals surface area contributed by atoms with Crippen molar-refractivity contribution in [3.05, 3.63) is 58.6 Å². The summed E-state index contributed by atoms with van der Waals surface area (Å²) in [5.74, 6) is -0.684. The van der Waals surface area contributed by atoms with Crippen LogP contribution in [-0.4, -0.2) is 33.9 Å². The fraction of sp³-hybridized carbons (Fsp3) is 0.250. The number of rotatable bonds is 3. The zero-order valence-corrected chi connectivity index (χ0v) is 15.6. The lowest BCUT2D eigenvalue weighted by Gasteiger charge is -2.19. The van der Waals surface area contributed by atoms with Crippen LogP contribution in [0.5, 0.6) is 0 Å². The summed E-state index contributed by atoms with van der Waals surface area (Å²) in [5, 5.41) is 3.73. The number of aryl methyl sites for hydroxylation is 1. The Bertz CT molecular complexity index is 1030. The Morgan fingerprint density at radius 2 is 2.00 bits per heavy atom. The van der Waals surface area contributed by atoms with Crippen LogP contribution in [0.25, 0.3) is 11.0 Å². The number of amides is 1. The molecule has 2 aromatic heterocycles. The number of halogens is 2. The van der Waals surface area contributed by atoms with Crippen molar-refractivity contribution in [1.29, 1.82) is 0 Å². The molecule has 1 amide bonds. The van der Waals surface area contributed by atoms with E-state index in [0.717, 1.165) is 18.5 Å². The molecule has 3 heterocycles. The summed E-state index contributed by atoms with van der Waals surface area (Å²) in [5.41, 5.74) is 2.40. The van der Waals surface area contributed by atoms with E-state index in [0.29, 0.717) is 35.4 Å². The monoisotopic (exact) mass is 384 g/mol. The predicted octanol–water partition coefficient (Wildman–Crippen LogP) is 4.71. The van der Waals surface area contributed by atoms with Crippen LogP contribution in [0, 0.1) is 12.7 Å². The minimum Gasteiger partial charge on any atom is -0.352 e. The fourth-order valence-corrected chi connectivity index (χ4v) is 3.47. The molecule has 0 spiro atoms. The lowest BCUT2D eigenvalue weighted by molar-refractivity contribution is 0.0793. The van der Waals surface area contributed by atoms with Crippen LogP contribution >= 0.6 is 11.6 Å². The van der Waals surface area contributed by atoms with Crippen molar-refractivity contribution in [3.63, 3.8) is 0 Å². The molecule has 0 bridgehead atoms. The van der Waals surface area contributed by atoms with Crippen LogP contribution in [0.3, 0.4) is 0 Å². The predicted molar refractivity (Wildman–Crippen MR) is 104 cm³/mol. The molecule has 27 heavy (non-hydrogen) atoms. The molecular formula is C20H18ClFN4O. The highest BCUT2D eigenvalue weighted by atomic mass is 35.5. The van der Waals surface area contributed by atoms with E-state index in [-0.39, 0.29) is 16.6 Å². The van der Waals surface area contributed by atoms with E-state index in [1.807, 2.05) is 19.1 Å². The molecule has 0 unspecified atom stereocenters. The smallest absolute Gasteiger partial charge is 0.257 e. The van der Waals surface area contributed by atoms with Gasteiger partial charge in [0.05, 0.1) is 22.0 Å². The van der Waals surface area contributed by atoms with Crippen LogP contribution in [0.2, 0.25) is 5.02 Å². The van der Waals surface area contributed by atoms with E-state index < -0.39 is 5.82 Å². The molecule has 138 valence electrons. The fourth-order valence-electron chi connectivity index (χ4n) is 3.29. The molecule has 7 heteroatoms. The van der Waals surface area contributed by atoms with Gasteiger partial charge in [0.25, 0.3) is 5.91 Å². The first-order valence-corrected chi connectivity index (χ1v) is 9.19. The standard InChI is InChI=1S/C20H18ClFN4O/c1-12-7-8-13-18(25-16-6-4-5-15(21)17(16)22)14(11-23-19(13)24-12)20(27)26-9-2-3-10-26/h4-8,11H,2-3,9-10H2,1H3,(H,23,24,25). The maximum Gasteiger partial charge on any atom is 0.257 e. The molecule has 4 rings (SSSR count). The van der Waals surface area contributed by atoms with Gasteiger partial charge >= 0.3 is 0 Å². The summed E-state index contributed by atoms with van der Waals surface area (Å²) in [6, 6.07) is 8.40. The average molecular weight is 385 g/mol. The van der Waals surface area contributed by atoms with Gasteiger partial charge in [0.15, 0.2) is 11.5 Å². The van der Waals surface area contributed by atoms with Crippen LogP contribution in [0.4, 0.5) is 15.8 Å². The van der Waals surface area contributed by atoms with E-state index in [4.69, 9.17) is 11.6 Å². The summed E-state index contributed by atoms with van der Waals surface area (Å²) in [4.78, 5) is 23.6. The number of fused-ring (bicyclic) bond motifs is 1. The van der Waals surface area contributed by atoms with Gasteiger partial charge < -0.3 is 10.2 Å². The van der Waals surface area contributed by atoms with Crippen molar-refractivity contribution in [2.24, 2.45) is 0 Å². The second-order valence-corrected chi connectivity index (χ2v) is 7.00. The minimum atomic E-state index is -0.566. The second kappa shape index (κ2) is 7.12. The van der Waals surface area contributed by atoms with E-state index >= 15 is 0 Å². The number of benzene rings is 1. The number of likely N-dealkylation sites (tertiary alicyclic amines) is 1. The van der Waals surface area contributed by atoms with E-state index in [1.54, 1.807) is 17.0 Å². The molecule has 1 N–H and O–H groups in total. The molecule has 1 aliphatic heterocycles. The van der Waals surface area contributed by atoms with Crippen LogP contribution in [0.15, 0.2) is 36.5 Å². The molecule has 0 atom stereocenters. The van der Waals surface area contributed by atoms with Gasteiger partial charge in [-0.15, -0.1) is 0 Å². The number of carbonyl (C=O) groups excluding carboxylic acids is 1. The number of anilines is 2. The number of nitrogens with zero attached hydrogens (tertiary/aromatic N) is 3. The molecular weight excluding hydrogens is 367 g/mol. The first kappa shape index (κ1) is 17.7. The summed E-state index contributed by atoms with van der Waals surface area (Å²) in [7, 11) is 0. The van der Waals surface area contributed by atoms with Gasteiger partial charge in [-0.25, -0.2) is 14.4 Å². The Hall–Kier alpha value is -2.73. The molecule has 1 aliphatic rings. The third-order valence-electron chi connectivity index (χ3n) is 4.70. The Kier molecular flexibility index (Phi) is 4.66. The van der Waals surface area contributed by atoms with Gasteiger partial charge in [-0.2, -0.15) is 0 Å². The topological polar surface area (TPSA) is 58.1 Å². The molecule has 1 aromatic carbocycles. The highest BCUT2D eigenvalue weighted by Crippen LogP contribution is 2.32. The lowest BCUT2D eigenvalue weighted by atomic mass is 10.1. The molecule has 3 aromatic rings. The largest absolute Gasteiger partial charge is 0.352 e. The summed E-state index contributed by atoms with van der Waals surface area (Å²) < 4.78 is 14.5. The highest BCUT2D eigenvalue weighted by Gasteiger charge is 2.24. The number of pyridine rings is 2. The normalized spacial score (nSPS) is 14.0. The van der Waals surface area contributed by atoms with Crippen LogP contribution in [0.1, 0.15) is 28.9 Å². The highest BCUT2D eigenvalue weighted by molar-refractivity contribution is 6.31. The lowest BCUT2D eigenvalue weighted by Crippen LogP contribution is -2.28. The molecule has 0 aliphatic carbocycles. The van der Waals surface area contributed by atoms with Crippen molar-refractivity contribution < 1.29 is 9.18 Å². The van der Waals surface area contributed by atoms with Crippen molar-refractivity contribution in [2.75, 3.05) is 18.4 Å². The molecule has 0 radical (unpaired) electrons. The Morgan fingerprint density at radius 1 is 1.22 bits per heavy atom. The van der Waals surface area contributed by atoms with Crippen molar-refractivity contribution >= 4 is 39.9 Å². The summed E-state index contributed by atoms with van der Waals surface area (Å²) in [6.45, 7) is 3.30. The number of hydrogen-bond donors (Lipinski definition) is 1. The average Bonchev–Trinajstić information content (AvgIpc) is 3.19. The van der Waals surface area contributed by atoms with Crippen molar-refractivity contribution in [3.8, 4) is 0 Å². The van der Waals surface area contributed by atoms with Gasteiger partial charge in [0.1, 0.15) is 0 Å². The number of carbonyl (C=O) groups is 1. The second-order valence-electron chi connectivity index (χ2n) is 6.60. The van der Waals surface area contributed by atoms with Crippen molar-refractivity contribution in [1.82, 2.24) is 14.9 Å². The number of hydrogen-bond acceptors (Lipinski definition) is 4. The Labute approximate surface area is 161 Å². The van der Waals surface area contributed by atoms with Gasteiger partial charge in [-0.3, -0.25) is 4.79 Å². The Balaban J connectivity index is 1.87. The van der Waals surface area contributed by atoms with Crippen LogP contribution < -0.4 is 5.32 Å². The summed E-state index contributed by atoms with van der Waals surface area (Å²) in [6.07, 6.45) is 3.48. The SMILES string of the molecule is Cc1ccc2c(Nc3cccc(Cl)c3F)c(C(=O)N3CCCC3)cnc2n1. The van der Waals surface area contributed by atoms with Crippen LogP contribution in [-0.2, 0) is 0 Å². The van der Waals surface area contributed by atoms with E-state index in [1.165, 1.54) is 12.3 Å². The summed E-state index contributed by atoms with van der Waals surface area (Å²) >= 11 is 5.91. The quantitative estimate of drug-likeness (QED) is 0.710. The third kappa shape index (κ3) is 3.32. The maximum atomic E-state index is 14.5. The first-order valence-electron chi connectivity index (χ1n) is 8.81. The minimum absolute atomic E-state index is 0.0137. The Morgan fingerprint density at radius 3 is 2.78 bits per heavy atom. The van der Waals surface area contributed by atoms with Crippen molar-refractivity contribution in [2.45, 2.75) is 19.8 Å². The first-order chi connectivity index (χ1) is 13.0. The maximum absolute atomic E-state index is 14.5. The van der Waals surface area contributed by atoms with E-state index in [9.17, 15) is 9.18 Å². The molecule has 0 saturated carbocycles. The van der Waals surface area contributed by atoms with Gasteiger partial charge in [0.2, 0.25) is 0 Å². The number of nitrogens with one attached hydrogen (secondary N) is 1. The van der Waals surface area contributed by atoms with E-state index in [2.05, 4.69) is 15.3 Å². The molecule has 5 nitrogen and oxygen atoms in total. The molecule has 1 fully saturated rings.